The molecule has 34 heavy (non-hydrogen) atoms. The number of carbonyl (C=O) groups excluding carboxylic acids is 1. The highest BCUT2D eigenvalue weighted by Crippen LogP contribution is 2.29. The summed E-state index contributed by atoms with van der Waals surface area (Å²) >= 11 is 1.41. The van der Waals surface area contributed by atoms with Crippen LogP contribution in [0.5, 0.6) is 11.5 Å². The van der Waals surface area contributed by atoms with Gasteiger partial charge in [-0.25, -0.2) is 0 Å². The normalized spacial score (nSPS) is 11.2. The minimum Gasteiger partial charge on any atom is -0.490 e. The maximum absolute atomic E-state index is 13.1. The second-order valence-corrected chi connectivity index (χ2v) is 8.82. The molecular weight excluding hydrogens is 448 g/mol. The Morgan fingerprint density at radius 3 is 2.59 bits per heavy atom. The lowest BCUT2D eigenvalue weighted by Gasteiger charge is -2.13. The number of nitrogens with zero attached hydrogens (tertiary/aromatic N) is 4. The Morgan fingerprint density at radius 1 is 1.00 bits per heavy atom. The minimum atomic E-state index is 0.0814. The number of ketones is 1. The number of para-hydroxylation sites is 1. The standard InChI is InChI=1S/C26H30N4O3S/c1-5-29-15-20(19-10-8-9-11-21(19)29)22(31)17-34-26-28-27-25(30(26)6-2)16-33-23-13-12-18(4)14-24(23)32-7-3/h8-15H,5-7,16-17H2,1-4H3. The molecule has 0 spiro atoms. The molecule has 0 saturated carbocycles. The molecule has 0 bridgehead atoms. The van der Waals surface area contributed by atoms with Gasteiger partial charge in [0.2, 0.25) is 0 Å². The van der Waals surface area contributed by atoms with E-state index in [1.807, 2.05) is 74.0 Å². The molecule has 4 aromatic rings. The molecule has 0 atom stereocenters. The Labute approximate surface area is 204 Å². The lowest BCUT2D eigenvalue weighted by Crippen LogP contribution is -2.09. The summed E-state index contributed by atoms with van der Waals surface area (Å²) in [5.74, 6) is 2.48. The highest BCUT2D eigenvalue weighted by Gasteiger charge is 2.18. The summed E-state index contributed by atoms with van der Waals surface area (Å²) in [7, 11) is 0. The summed E-state index contributed by atoms with van der Waals surface area (Å²) in [5.41, 5.74) is 2.94. The predicted octanol–water partition coefficient (Wildman–Crippen LogP) is 5.53. The van der Waals surface area contributed by atoms with Gasteiger partial charge in [-0.05, 0) is 51.5 Å². The van der Waals surface area contributed by atoms with Crippen molar-refractivity contribution in [2.75, 3.05) is 12.4 Å². The van der Waals surface area contributed by atoms with Crippen LogP contribution in [-0.2, 0) is 19.7 Å². The van der Waals surface area contributed by atoms with E-state index in [1.54, 1.807) is 0 Å². The molecule has 7 nitrogen and oxygen atoms in total. The first-order valence-corrected chi connectivity index (χ1v) is 12.6. The van der Waals surface area contributed by atoms with E-state index in [2.05, 4.69) is 21.7 Å². The third kappa shape index (κ3) is 4.97. The molecule has 0 amide bonds. The van der Waals surface area contributed by atoms with E-state index < -0.39 is 0 Å². The van der Waals surface area contributed by atoms with E-state index >= 15 is 0 Å². The number of thioether (sulfide) groups is 1. The third-order valence-electron chi connectivity index (χ3n) is 5.63. The maximum atomic E-state index is 13.1. The first-order valence-electron chi connectivity index (χ1n) is 11.6. The molecule has 8 heteroatoms. The molecule has 0 aliphatic rings. The number of fused-ring (bicyclic) bond motifs is 1. The van der Waals surface area contributed by atoms with Crippen LogP contribution in [0.25, 0.3) is 10.9 Å². The molecule has 0 aliphatic carbocycles. The van der Waals surface area contributed by atoms with Crippen molar-refractivity contribution in [3.63, 3.8) is 0 Å². The average molecular weight is 479 g/mol. The zero-order chi connectivity index (χ0) is 24.1. The summed E-state index contributed by atoms with van der Waals surface area (Å²) in [6.07, 6.45) is 1.95. The predicted molar refractivity (Wildman–Crippen MR) is 135 cm³/mol. The van der Waals surface area contributed by atoms with E-state index in [9.17, 15) is 4.79 Å². The average Bonchev–Trinajstić information content (AvgIpc) is 3.43. The second kappa shape index (κ2) is 10.8. The zero-order valence-electron chi connectivity index (χ0n) is 20.1. The number of hydrogen-bond donors (Lipinski definition) is 0. The van der Waals surface area contributed by atoms with Gasteiger partial charge < -0.3 is 18.6 Å². The van der Waals surface area contributed by atoms with Crippen molar-refractivity contribution in [2.24, 2.45) is 0 Å². The molecule has 0 N–H and O–H groups in total. The number of rotatable bonds is 11. The largest absolute Gasteiger partial charge is 0.490 e. The van der Waals surface area contributed by atoms with Gasteiger partial charge in [0, 0.05) is 35.8 Å². The first kappa shape index (κ1) is 23.9. The van der Waals surface area contributed by atoms with Crippen molar-refractivity contribution in [2.45, 2.75) is 52.5 Å². The van der Waals surface area contributed by atoms with Crippen LogP contribution in [-0.4, -0.2) is 37.5 Å². The van der Waals surface area contributed by atoms with Gasteiger partial charge in [0.05, 0.1) is 12.4 Å². The molecule has 0 radical (unpaired) electrons. The van der Waals surface area contributed by atoms with Crippen LogP contribution in [0.1, 0.15) is 42.5 Å². The second-order valence-electron chi connectivity index (χ2n) is 7.87. The number of benzene rings is 2. The fourth-order valence-electron chi connectivity index (χ4n) is 3.93. The van der Waals surface area contributed by atoms with Crippen molar-refractivity contribution in [3.05, 3.63) is 65.6 Å². The number of hydrogen-bond acceptors (Lipinski definition) is 6. The van der Waals surface area contributed by atoms with Crippen LogP contribution < -0.4 is 9.47 Å². The van der Waals surface area contributed by atoms with E-state index in [0.29, 0.717) is 35.6 Å². The van der Waals surface area contributed by atoms with Crippen molar-refractivity contribution >= 4 is 28.4 Å². The number of carbonyl (C=O) groups is 1. The van der Waals surface area contributed by atoms with Gasteiger partial charge in [0.25, 0.3) is 0 Å². The Morgan fingerprint density at radius 2 is 1.82 bits per heavy atom. The molecule has 2 aromatic heterocycles. The highest BCUT2D eigenvalue weighted by atomic mass is 32.2. The Hall–Kier alpha value is -3.26. The number of ether oxygens (including phenoxy) is 2. The molecule has 4 rings (SSSR count). The van der Waals surface area contributed by atoms with E-state index in [-0.39, 0.29) is 12.4 Å². The van der Waals surface area contributed by atoms with Gasteiger partial charge >= 0.3 is 0 Å². The topological polar surface area (TPSA) is 71.2 Å². The van der Waals surface area contributed by atoms with Gasteiger partial charge in [-0.3, -0.25) is 4.79 Å². The van der Waals surface area contributed by atoms with Gasteiger partial charge in [0.15, 0.2) is 28.3 Å². The number of aryl methyl sites for hydroxylation is 2. The molecule has 0 unspecified atom stereocenters. The van der Waals surface area contributed by atoms with Crippen LogP contribution in [0, 0.1) is 6.92 Å². The SMILES string of the molecule is CCOc1cc(C)ccc1OCc1nnc(SCC(=O)c2cn(CC)c3ccccc23)n1CC. The summed E-state index contributed by atoms with van der Waals surface area (Å²) in [6.45, 7) is 10.4. The van der Waals surface area contributed by atoms with Crippen LogP contribution >= 0.6 is 11.8 Å². The Kier molecular flexibility index (Phi) is 7.57. The molecule has 2 heterocycles. The highest BCUT2D eigenvalue weighted by molar-refractivity contribution is 7.99. The molecule has 0 aliphatic heterocycles. The lowest BCUT2D eigenvalue weighted by atomic mass is 10.1. The maximum Gasteiger partial charge on any atom is 0.191 e. The smallest absolute Gasteiger partial charge is 0.191 e. The fourth-order valence-corrected chi connectivity index (χ4v) is 4.84. The van der Waals surface area contributed by atoms with Gasteiger partial charge in [0.1, 0.15) is 6.61 Å². The van der Waals surface area contributed by atoms with E-state index in [0.717, 1.165) is 34.3 Å². The summed E-state index contributed by atoms with van der Waals surface area (Å²) in [4.78, 5) is 13.1. The van der Waals surface area contributed by atoms with Gasteiger partial charge in [-0.15, -0.1) is 10.2 Å². The molecule has 178 valence electrons. The van der Waals surface area contributed by atoms with E-state index in [4.69, 9.17) is 9.47 Å². The molecule has 2 aromatic carbocycles. The lowest BCUT2D eigenvalue weighted by molar-refractivity contribution is 0.102. The van der Waals surface area contributed by atoms with Crippen molar-refractivity contribution in [3.8, 4) is 11.5 Å². The Balaban J connectivity index is 1.46. The number of Topliss-reactive ketones (excluding diaryl/α,β-unsaturated/α-hetero) is 1. The summed E-state index contributed by atoms with van der Waals surface area (Å²) in [6, 6.07) is 13.9. The van der Waals surface area contributed by atoms with Crippen LogP contribution in [0.2, 0.25) is 0 Å². The van der Waals surface area contributed by atoms with Crippen LogP contribution in [0.4, 0.5) is 0 Å². The zero-order valence-corrected chi connectivity index (χ0v) is 20.9. The quantitative estimate of drug-likeness (QED) is 0.208. The van der Waals surface area contributed by atoms with Crippen molar-refractivity contribution in [1.29, 1.82) is 0 Å². The van der Waals surface area contributed by atoms with E-state index in [1.165, 1.54) is 11.8 Å². The Bertz CT molecular complexity index is 1290. The minimum absolute atomic E-state index is 0.0814. The molecular formula is C26H30N4O3S. The van der Waals surface area contributed by atoms with Crippen molar-refractivity contribution < 1.29 is 14.3 Å². The molecule has 0 saturated heterocycles. The van der Waals surface area contributed by atoms with Gasteiger partial charge in [-0.2, -0.15) is 0 Å². The third-order valence-corrected chi connectivity index (χ3v) is 6.59. The van der Waals surface area contributed by atoms with Gasteiger partial charge in [-0.1, -0.05) is 36.0 Å². The fraction of sp³-hybridized carbons (Fsp3) is 0.346. The molecule has 0 fully saturated rings. The monoisotopic (exact) mass is 478 g/mol. The summed E-state index contributed by atoms with van der Waals surface area (Å²) in [5, 5.41) is 10.4. The summed E-state index contributed by atoms with van der Waals surface area (Å²) < 4.78 is 15.8. The van der Waals surface area contributed by atoms with Crippen LogP contribution in [0.3, 0.4) is 0 Å². The first-order chi connectivity index (χ1) is 16.5. The number of aromatic nitrogens is 4. The van der Waals surface area contributed by atoms with Crippen molar-refractivity contribution in [1.82, 2.24) is 19.3 Å². The van der Waals surface area contributed by atoms with Crippen LogP contribution in [0.15, 0.2) is 53.8 Å².